The van der Waals surface area contributed by atoms with Crippen molar-refractivity contribution in [2.24, 2.45) is 0 Å². The number of ether oxygens (including phenoxy) is 1. The van der Waals surface area contributed by atoms with E-state index in [4.69, 9.17) is 26.9 Å². The average Bonchev–Trinajstić information content (AvgIpc) is 2.74. The third kappa shape index (κ3) is 12.5. The van der Waals surface area contributed by atoms with Crippen LogP contribution in [0.1, 0.15) is 0 Å². The molecule has 0 aromatic carbocycles. The molecule has 1 unspecified atom stereocenters. The Kier molecular flexibility index (Phi) is 10.5. The SMILES string of the molecule is C[Si](C)(C)OCC(O[Si](C)(C)C)[C@H]1O[C@@H](O[Si](C)(C)C)[C@H](O[Si](C)(C)C)[C@H]1O[Si](C)(C)C. The summed E-state index contributed by atoms with van der Waals surface area (Å²) in [5.41, 5.74) is 0. The van der Waals surface area contributed by atoms with Crippen LogP contribution in [0, 0.1) is 0 Å². The van der Waals surface area contributed by atoms with Crippen molar-refractivity contribution in [3.05, 3.63) is 0 Å². The van der Waals surface area contributed by atoms with E-state index in [1.807, 2.05) is 0 Å². The van der Waals surface area contributed by atoms with Gasteiger partial charge in [0.2, 0.25) is 0 Å². The van der Waals surface area contributed by atoms with Crippen molar-refractivity contribution in [3.63, 3.8) is 0 Å². The highest BCUT2D eigenvalue weighted by atomic mass is 28.4. The van der Waals surface area contributed by atoms with E-state index in [1.165, 1.54) is 0 Å². The summed E-state index contributed by atoms with van der Waals surface area (Å²) in [7, 11) is -9.25. The average molecular weight is 541 g/mol. The highest BCUT2D eigenvalue weighted by Gasteiger charge is 2.54. The van der Waals surface area contributed by atoms with Crippen molar-refractivity contribution in [2.75, 3.05) is 6.61 Å². The molecule has 11 heteroatoms. The lowest BCUT2D eigenvalue weighted by Crippen LogP contribution is -2.53. The van der Waals surface area contributed by atoms with Gasteiger partial charge in [-0.05, 0) is 98.2 Å². The molecule has 1 aliphatic rings. The van der Waals surface area contributed by atoms with E-state index in [2.05, 4.69) is 98.2 Å². The molecule has 6 nitrogen and oxygen atoms in total. The lowest BCUT2D eigenvalue weighted by Gasteiger charge is -2.38. The predicted molar refractivity (Wildman–Crippen MR) is 147 cm³/mol. The Morgan fingerprint density at radius 1 is 0.562 bits per heavy atom. The standard InChI is InChI=1S/C21H52O6Si5/c1-28(2,3)22-16-17(24-29(4,5)6)18-19(25-30(7,8)9)20(26-31(10,11)12)21(23-18)27-32(13,14)15/h17-21H,16H2,1-15H3/t17?,18-,19+,20-,21+/m1/s1. The van der Waals surface area contributed by atoms with Gasteiger partial charge in [-0.1, -0.05) is 0 Å². The zero-order chi connectivity index (χ0) is 25.3. The molecule has 0 N–H and O–H groups in total. The van der Waals surface area contributed by atoms with Gasteiger partial charge in [0.25, 0.3) is 0 Å². The lowest BCUT2D eigenvalue weighted by atomic mass is 10.1. The minimum atomic E-state index is -1.90. The van der Waals surface area contributed by atoms with Crippen molar-refractivity contribution >= 4 is 41.6 Å². The van der Waals surface area contributed by atoms with E-state index in [0.29, 0.717) is 6.61 Å². The van der Waals surface area contributed by atoms with E-state index in [1.54, 1.807) is 0 Å². The second kappa shape index (κ2) is 10.8. The highest BCUT2D eigenvalue weighted by molar-refractivity contribution is 6.71. The van der Waals surface area contributed by atoms with Gasteiger partial charge >= 0.3 is 0 Å². The zero-order valence-corrected chi connectivity index (χ0v) is 28.5. The fourth-order valence-corrected chi connectivity index (χ4v) is 8.26. The maximum atomic E-state index is 6.78. The molecular formula is C21H52O6Si5. The number of hydrogen-bond acceptors (Lipinski definition) is 6. The van der Waals surface area contributed by atoms with Crippen molar-refractivity contribution in [1.82, 2.24) is 0 Å². The van der Waals surface area contributed by atoms with E-state index in [-0.39, 0.29) is 24.4 Å². The normalized spacial score (nSPS) is 27.1. The van der Waals surface area contributed by atoms with Crippen molar-refractivity contribution < 1.29 is 26.9 Å². The predicted octanol–water partition coefficient (Wildman–Crippen LogP) is 6.07. The molecule has 1 rings (SSSR count). The van der Waals surface area contributed by atoms with Crippen molar-refractivity contribution in [2.45, 2.75) is 129 Å². The molecule has 1 fully saturated rings. The van der Waals surface area contributed by atoms with Gasteiger partial charge in [0.1, 0.15) is 18.3 Å². The molecule has 0 aromatic heterocycles. The van der Waals surface area contributed by atoms with Crippen LogP contribution < -0.4 is 0 Å². The Balaban J connectivity index is 3.41. The Morgan fingerprint density at radius 2 is 1.00 bits per heavy atom. The zero-order valence-electron chi connectivity index (χ0n) is 23.5. The van der Waals surface area contributed by atoms with Crippen LogP contribution in [-0.4, -0.2) is 78.9 Å². The number of rotatable bonds is 12. The molecule has 32 heavy (non-hydrogen) atoms. The third-order valence-corrected chi connectivity index (χ3v) is 9.15. The van der Waals surface area contributed by atoms with Crippen LogP contribution in [-0.2, 0) is 26.9 Å². The minimum Gasteiger partial charge on any atom is -0.415 e. The van der Waals surface area contributed by atoms with E-state index < -0.39 is 47.9 Å². The maximum absolute atomic E-state index is 6.78. The summed E-state index contributed by atoms with van der Waals surface area (Å²) in [5.74, 6) is 0. The first-order chi connectivity index (χ1) is 14.0. The van der Waals surface area contributed by atoms with Gasteiger partial charge in [-0.3, -0.25) is 0 Å². The molecule has 1 aliphatic heterocycles. The van der Waals surface area contributed by atoms with Gasteiger partial charge in [-0.15, -0.1) is 0 Å². The fourth-order valence-electron chi connectivity index (χ4n) is 3.45. The van der Waals surface area contributed by atoms with E-state index >= 15 is 0 Å². The second-order valence-electron chi connectivity index (χ2n) is 13.8. The maximum Gasteiger partial charge on any atom is 0.187 e. The molecule has 0 saturated carbocycles. The topological polar surface area (TPSA) is 55.4 Å². The molecule has 0 amide bonds. The Hall–Kier alpha value is 0.844. The smallest absolute Gasteiger partial charge is 0.187 e. The van der Waals surface area contributed by atoms with Crippen molar-refractivity contribution in [3.8, 4) is 0 Å². The molecule has 0 aromatic rings. The third-order valence-electron chi connectivity index (χ3n) is 4.21. The second-order valence-corrected chi connectivity index (χ2v) is 36.1. The molecule has 192 valence electrons. The molecule has 0 radical (unpaired) electrons. The lowest BCUT2D eigenvalue weighted by molar-refractivity contribution is -0.134. The highest BCUT2D eigenvalue weighted by Crippen LogP contribution is 2.36. The van der Waals surface area contributed by atoms with Gasteiger partial charge in [0.05, 0.1) is 12.7 Å². The van der Waals surface area contributed by atoms with Gasteiger partial charge in [-0.2, -0.15) is 0 Å². The molecule has 1 heterocycles. The molecule has 0 bridgehead atoms. The summed E-state index contributed by atoms with van der Waals surface area (Å²) >= 11 is 0. The largest absolute Gasteiger partial charge is 0.415 e. The van der Waals surface area contributed by atoms with E-state index in [9.17, 15) is 0 Å². The van der Waals surface area contributed by atoms with Crippen LogP contribution >= 0.6 is 0 Å². The van der Waals surface area contributed by atoms with Gasteiger partial charge in [0, 0.05) is 0 Å². The van der Waals surface area contributed by atoms with Gasteiger partial charge < -0.3 is 26.9 Å². The first-order valence-corrected chi connectivity index (χ1v) is 29.0. The molecule has 1 saturated heterocycles. The van der Waals surface area contributed by atoms with Crippen LogP contribution in [0.2, 0.25) is 98.2 Å². The summed E-state index contributed by atoms with van der Waals surface area (Å²) in [5, 5.41) is 0. The van der Waals surface area contributed by atoms with Gasteiger partial charge in [0.15, 0.2) is 47.9 Å². The molecule has 5 atom stereocenters. The van der Waals surface area contributed by atoms with Crippen LogP contribution in [0.4, 0.5) is 0 Å². The summed E-state index contributed by atoms with van der Waals surface area (Å²) in [6.45, 7) is 33.6. The van der Waals surface area contributed by atoms with E-state index in [0.717, 1.165) is 0 Å². The molecule has 0 aliphatic carbocycles. The van der Waals surface area contributed by atoms with Crippen molar-refractivity contribution in [1.29, 1.82) is 0 Å². The summed E-state index contributed by atoms with van der Waals surface area (Å²) in [6.07, 6.45) is -1.43. The number of hydrogen-bond donors (Lipinski definition) is 0. The molecule has 0 spiro atoms. The summed E-state index contributed by atoms with van der Waals surface area (Å²) in [6, 6.07) is 0. The first-order valence-electron chi connectivity index (χ1n) is 12.0. The summed E-state index contributed by atoms with van der Waals surface area (Å²) in [4.78, 5) is 0. The Morgan fingerprint density at radius 3 is 1.38 bits per heavy atom. The first kappa shape index (κ1) is 30.9. The minimum absolute atomic E-state index is 0.210. The van der Waals surface area contributed by atoms with Gasteiger partial charge in [-0.25, -0.2) is 0 Å². The van der Waals surface area contributed by atoms with Crippen LogP contribution in [0.3, 0.4) is 0 Å². The summed E-state index contributed by atoms with van der Waals surface area (Å²) < 4.78 is 39.7. The quantitative estimate of drug-likeness (QED) is 0.280. The fraction of sp³-hybridized carbons (Fsp3) is 1.00. The Labute approximate surface area is 203 Å². The Bertz CT molecular complexity index is 586. The monoisotopic (exact) mass is 540 g/mol. The van der Waals surface area contributed by atoms with Crippen LogP contribution in [0.5, 0.6) is 0 Å². The van der Waals surface area contributed by atoms with Crippen LogP contribution in [0.15, 0.2) is 0 Å². The molecular weight excluding hydrogens is 489 g/mol. The van der Waals surface area contributed by atoms with Crippen LogP contribution in [0.25, 0.3) is 0 Å².